The minimum atomic E-state index is 0.445. The third-order valence-corrected chi connectivity index (χ3v) is 9.14. The average molecular weight is 576 g/mol. The van der Waals surface area contributed by atoms with Gasteiger partial charge in [0.2, 0.25) is 0 Å². The molecule has 0 aliphatic heterocycles. The summed E-state index contributed by atoms with van der Waals surface area (Å²) in [7, 11) is 0. The number of aromatic nitrogens is 3. The maximum Gasteiger partial charge on any atom is 0.168 e. The van der Waals surface area contributed by atoms with Crippen molar-refractivity contribution in [3.05, 3.63) is 126 Å². The van der Waals surface area contributed by atoms with E-state index in [1.807, 2.05) is 36.4 Å². The Labute approximate surface area is 259 Å². The van der Waals surface area contributed by atoms with E-state index in [9.17, 15) is 0 Å². The monoisotopic (exact) mass is 575 g/mol. The van der Waals surface area contributed by atoms with Gasteiger partial charge < -0.3 is 4.42 Å². The van der Waals surface area contributed by atoms with Crippen LogP contribution in [0, 0.1) is 0 Å². The van der Waals surface area contributed by atoms with E-state index in [2.05, 4.69) is 116 Å². The molecule has 2 aromatic heterocycles. The first kappa shape index (κ1) is 27.8. The molecule has 0 saturated carbocycles. The van der Waals surface area contributed by atoms with E-state index >= 15 is 0 Å². The highest BCUT2D eigenvalue weighted by molar-refractivity contribution is 6.10. The number of benzene rings is 5. The van der Waals surface area contributed by atoms with Crippen LogP contribution in [0.2, 0.25) is 0 Å². The van der Waals surface area contributed by atoms with Gasteiger partial charge in [-0.3, -0.25) is 4.57 Å². The highest BCUT2D eigenvalue weighted by Gasteiger charge is 2.20. The van der Waals surface area contributed by atoms with Gasteiger partial charge in [-0.15, -0.1) is 10.2 Å². The van der Waals surface area contributed by atoms with Gasteiger partial charge in [0.15, 0.2) is 11.6 Å². The minimum Gasteiger partial charge on any atom is -0.455 e. The molecule has 5 aromatic carbocycles. The van der Waals surface area contributed by atoms with E-state index in [1.165, 1.54) is 21.9 Å². The Kier molecular flexibility index (Phi) is 7.35. The fourth-order valence-electron chi connectivity index (χ4n) is 6.06. The zero-order valence-electron chi connectivity index (χ0n) is 25.8. The largest absolute Gasteiger partial charge is 0.455 e. The van der Waals surface area contributed by atoms with Crippen LogP contribution in [0.5, 0.6) is 0 Å². The Morgan fingerprint density at radius 2 is 1.16 bits per heavy atom. The van der Waals surface area contributed by atoms with Crippen molar-refractivity contribution in [2.75, 3.05) is 0 Å². The molecule has 44 heavy (non-hydrogen) atoms. The van der Waals surface area contributed by atoms with Gasteiger partial charge in [-0.1, -0.05) is 107 Å². The molecular formula is C40H37N3O. The molecule has 0 saturated heterocycles. The van der Waals surface area contributed by atoms with Crippen molar-refractivity contribution in [2.45, 2.75) is 52.4 Å². The van der Waals surface area contributed by atoms with E-state index in [0.29, 0.717) is 11.8 Å². The molecule has 0 N–H and O–H groups in total. The van der Waals surface area contributed by atoms with Gasteiger partial charge in [0, 0.05) is 33.2 Å². The SMILES string of the molecule is CCC(C)c1ccc2oc3c(-c4ccc(-c5nnc(-c6ccccc6)n5-c5ccccc5)cc4)cc(C(C)CC)cc3c2c1. The van der Waals surface area contributed by atoms with Crippen LogP contribution < -0.4 is 0 Å². The summed E-state index contributed by atoms with van der Waals surface area (Å²) >= 11 is 0. The second kappa shape index (κ2) is 11.6. The molecule has 4 nitrogen and oxygen atoms in total. The van der Waals surface area contributed by atoms with Gasteiger partial charge in [0.05, 0.1) is 0 Å². The molecule has 7 rings (SSSR count). The van der Waals surface area contributed by atoms with Crippen LogP contribution in [-0.2, 0) is 0 Å². The van der Waals surface area contributed by atoms with Crippen LogP contribution in [0.4, 0.5) is 0 Å². The molecule has 4 heteroatoms. The van der Waals surface area contributed by atoms with Gasteiger partial charge in [0.25, 0.3) is 0 Å². The summed E-state index contributed by atoms with van der Waals surface area (Å²) in [6.07, 6.45) is 2.19. The molecule has 0 aliphatic rings. The van der Waals surface area contributed by atoms with Crippen molar-refractivity contribution in [3.63, 3.8) is 0 Å². The predicted octanol–water partition coefficient (Wildman–Crippen LogP) is 11.2. The Balaban J connectivity index is 1.36. The zero-order valence-corrected chi connectivity index (χ0v) is 25.8. The fraction of sp³-hybridized carbons (Fsp3) is 0.200. The number of nitrogens with zero attached hydrogens (tertiary/aromatic N) is 3. The summed E-state index contributed by atoms with van der Waals surface area (Å²) in [4.78, 5) is 0. The van der Waals surface area contributed by atoms with Crippen LogP contribution in [0.25, 0.3) is 61.5 Å². The Hall–Kier alpha value is -4.96. The summed E-state index contributed by atoms with van der Waals surface area (Å²) in [5, 5.41) is 11.7. The van der Waals surface area contributed by atoms with Crippen molar-refractivity contribution in [1.29, 1.82) is 0 Å². The van der Waals surface area contributed by atoms with E-state index < -0.39 is 0 Å². The summed E-state index contributed by atoms with van der Waals surface area (Å²) in [6.45, 7) is 9.10. The lowest BCUT2D eigenvalue weighted by molar-refractivity contribution is 0.668. The first-order valence-corrected chi connectivity index (χ1v) is 15.7. The number of hydrogen-bond donors (Lipinski definition) is 0. The van der Waals surface area contributed by atoms with Crippen LogP contribution in [0.3, 0.4) is 0 Å². The molecular weight excluding hydrogens is 538 g/mol. The first-order chi connectivity index (χ1) is 21.6. The van der Waals surface area contributed by atoms with Gasteiger partial charge in [-0.05, 0) is 77.8 Å². The fourth-order valence-corrected chi connectivity index (χ4v) is 6.06. The zero-order chi connectivity index (χ0) is 30.2. The van der Waals surface area contributed by atoms with Crippen molar-refractivity contribution >= 4 is 21.9 Å². The molecule has 2 unspecified atom stereocenters. The van der Waals surface area contributed by atoms with Crippen molar-refractivity contribution in [1.82, 2.24) is 14.8 Å². The maximum atomic E-state index is 6.59. The highest BCUT2D eigenvalue weighted by atomic mass is 16.3. The lowest BCUT2D eigenvalue weighted by Crippen LogP contribution is -2.00. The molecule has 218 valence electrons. The second-order valence-electron chi connectivity index (χ2n) is 11.9. The Morgan fingerprint density at radius 1 is 0.591 bits per heavy atom. The number of rotatable bonds is 8. The van der Waals surface area contributed by atoms with Crippen molar-refractivity contribution in [2.24, 2.45) is 0 Å². The number of para-hydroxylation sites is 1. The van der Waals surface area contributed by atoms with E-state index in [-0.39, 0.29) is 0 Å². The molecule has 7 aromatic rings. The first-order valence-electron chi connectivity index (χ1n) is 15.7. The molecule has 2 atom stereocenters. The van der Waals surface area contributed by atoms with Crippen LogP contribution in [0.1, 0.15) is 63.5 Å². The molecule has 2 heterocycles. The Morgan fingerprint density at radius 3 is 1.82 bits per heavy atom. The smallest absolute Gasteiger partial charge is 0.168 e. The highest BCUT2D eigenvalue weighted by Crippen LogP contribution is 2.40. The number of furan rings is 1. The second-order valence-corrected chi connectivity index (χ2v) is 11.9. The van der Waals surface area contributed by atoms with Gasteiger partial charge >= 0.3 is 0 Å². The number of hydrogen-bond acceptors (Lipinski definition) is 3. The topological polar surface area (TPSA) is 43.9 Å². The minimum absolute atomic E-state index is 0.445. The van der Waals surface area contributed by atoms with Crippen LogP contribution >= 0.6 is 0 Å². The summed E-state index contributed by atoms with van der Waals surface area (Å²) in [5.74, 6) is 2.58. The molecule has 0 spiro atoms. The standard InChI is InChI=1S/C40H37N3O/c1-5-26(3)31-21-22-37-35(23-31)36-25-32(27(4)6-2)24-34(38(36)44-37)28-17-19-30(20-18-28)40-42-41-39(29-13-9-7-10-14-29)43(40)33-15-11-8-12-16-33/h7-27H,5-6H2,1-4H3. The maximum absolute atomic E-state index is 6.59. The van der Waals surface area contributed by atoms with Gasteiger partial charge in [-0.2, -0.15) is 0 Å². The average Bonchev–Trinajstić information content (AvgIpc) is 3.70. The third-order valence-electron chi connectivity index (χ3n) is 9.14. The lowest BCUT2D eigenvalue weighted by Gasteiger charge is -2.13. The Bertz CT molecular complexity index is 2050. The van der Waals surface area contributed by atoms with E-state index in [4.69, 9.17) is 9.52 Å². The quantitative estimate of drug-likeness (QED) is 0.181. The predicted molar refractivity (Wildman–Crippen MR) is 182 cm³/mol. The summed E-state index contributed by atoms with van der Waals surface area (Å²) in [5.41, 5.74) is 9.89. The molecule has 0 fully saturated rings. The van der Waals surface area contributed by atoms with E-state index in [1.54, 1.807) is 0 Å². The van der Waals surface area contributed by atoms with Gasteiger partial charge in [-0.25, -0.2) is 0 Å². The van der Waals surface area contributed by atoms with Crippen molar-refractivity contribution < 1.29 is 4.42 Å². The molecule has 0 amide bonds. The van der Waals surface area contributed by atoms with Gasteiger partial charge in [0.1, 0.15) is 11.2 Å². The van der Waals surface area contributed by atoms with E-state index in [0.717, 1.165) is 63.6 Å². The lowest BCUT2D eigenvalue weighted by atomic mass is 9.91. The summed E-state index contributed by atoms with van der Waals surface area (Å²) < 4.78 is 8.73. The molecule has 0 bridgehead atoms. The van der Waals surface area contributed by atoms with Crippen molar-refractivity contribution in [3.8, 4) is 39.6 Å². The molecule has 0 radical (unpaired) electrons. The summed E-state index contributed by atoms with van der Waals surface area (Å²) in [6, 6.07) is 40.6. The normalized spacial score (nSPS) is 13.0. The van der Waals surface area contributed by atoms with Crippen LogP contribution in [-0.4, -0.2) is 14.8 Å². The number of fused-ring (bicyclic) bond motifs is 3. The van der Waals surface area contributed by atoms with Crippen LogP contribution in [0.15, 0.2) is 120 Å². The molecule has 0 aliphatic carbocycles. The third kappa shape index (κ3) is 4.90.